The van der Waals surface area contributed by atoms with Gasteiger partial charge in [-0.2, -0.15) is 0 Å². The summed E-state index contributed by atoms with van der Waals surface area (Å²) in [6.07, 6.45) is -6.17. The molecule has 0 saturated carbocycles. The third kappa shape index (κ3) is 4.48. The van der Waals surface area contributed by atoms with Crippen molar-refractivity contribution < 1.29 is 43.7 Å². The van der Waals surface area contributed by atoms with Crippen LogP contribution in [0.5, 0.6) is 0 Å². The van der Waals surface area contributed by atoms with Crippen molar-refractivity contribution in [1.29, 1.82) is 0 Å². The van der Waals surface area contributed by atoms with Gasteiger partial charge in [-0.3, -0.25) is 9.32 Å². The third-order valence-electron chi connectivity index (χ3n) is 2.49. The maximum atomic E-state index is 11.0. The number of aliphatic hydroxyl groups excluding tert-OH is 3. The van der Waals surface area contributed by atoms with E-state index in [1.165, 1.54) is 0 Å². The van der Waals surface area contributed by atoms with Crippen LogP contribution >= 0.6 is 7.82 Å². The van der Waals surface area contributed by atoms with Gasteiger partial charge in [0.25, 0.3) is 0 Å². The Balaban J connectivity index is 2.92. The standard InChI is InChI=1S/C8H16NO9P/c1-3(11)9-5-7(13)6(12)4(2-10)17-8(5)18-19(14,15)16/h4-8,10,12-13H,2H2,1H3,(H,9,11)(H2,14,15,16)/t4-,5?,6?,7?,8-/m1/s1. The Morgan fingerprint density at radius 3 is 2.37 bits per heavy atom. The zero-order valence-electron chi connectivity index (χ0n) is 9.91. The molecule has 112 valence electrons. The largest absolute Gasteiger partial charge is 0.472 e. The van der Waals surface area contributed by atoms with Crippen molar-refractivity contribution in [3.8, 4) is 0 Å². The first-order chi connectivity index (χ1) is 8.65. The minimum absolute atomic E-state index is 0.624. The van der Waals surface area contributed by atoms with E-state index >= 15 is 0 Å². The smallest absolute Gasteiger partial charge is 0.394 e. The van der Waals surface area contributed by atoms with Gasteiger partial charge in [0.2, 0.25) is 5.91 Å². The van der Waals surface area contributed by atoms with Gasteiger partial charge >= 0.3 is 7.82 Å². The number of hydrogen-bond donors (Lipinski definition) is 6. The Kier molecular flexibility index (Phi) is 5.42. The average Bonchev–Trinajstić information content (AvgIpc) is 2.26. The first kappa shape index (κ1) is 16.5. The van der Waals surface area contributed by atoms with Crippen LogP contribution in [0, 0.1) is 0 Å². The highest BCUT2D eigenvalue weighted by Crippen LogP contribution is 2.40. The van der Waals surface area contributed by atoms with E-state index in [4.69, 9.17) is 19.6 Å². The van der Waals surface area contributed by atoms with Gasteiger partial charge < -0.3 is 35.2 Å². The number of phosphoric acid groups is 1. The molecule has 6 N–H and O–H groups in total. The summed E-state index contributed by atoms with van der Waals surface area (Å²) in [7, 11) is -4.95. The highest BCUT2D eigenvalue weighted by molar-refractivity contribution is 7.46. The molecule has 1 heterocycles. The molecule has 0 aliphatic carbocycles. The molecule has 1 saturated heterocycles. The highest BCUT2D eigenvalue weighted by atomic mass is 31.2. The van der Waals surface area contributed by atoms with Crippen LogP contribution in [0.1, 0.15) is 6.92 Å². The fourth-order valence-corrected chi connectivity index (χ4v) is 2.15. The maximum absolute atomic E-state index is 11.0. The van der Waals surface area contributed by atoms with Gasteiger partial charge in [0.1, 0.15) is 24.4 Å². The highest BCUT2D eigenvalue weighted by Gasteiger charge is 2.47. The van der Waals surface area contributed by atoms with Crippen LogP contribution in [0.3, 0.4) is 0 Å². The summed E-state index contributed by atoms with van der Waals surface area (Å²) in [5.74, 6) is -0.624. The summed E-state index contributed by atoms with van der Waals surface area (Å²) < 4.78 is 20.0. The summed E-state index contributed by atoms with van der Waals surface area (Å²) in [4.78, 5) is 28.4. The quantitative estimate of drug-likeness (QED) is 0.297. The van der Waals surface area contributed by atoms with Gasteiger partial charge in [0.15, 0.2) is 6.29 Å². The van der Waals surface area contributed by atoms with E-state index in [1.54, 1.807) is 0 Å². The van der Waals surface area contributed by atoms with E-state index in [0.717, 1.165) is 6.92 Å². The Hall–Kier alpha value is -0.580. The van der Waals surface area contributed by atoms with Gasteiger partial charge in [-0.15, -0.1) is 0 Å². The molecular weight excluding hydrogens is 285 g/mol. The monoisotopic (exact) mass is 301 g/mol. The molecule has 0 radical (unpaired) electrons. The van der Waals surface area contributed by atoms with E-state index in [-0.39, 0.29) is 0 Å². The van der Waals surface area contributed by atoms with Gasteiger partial charge in [-0.1, -0.05) is 0 Å². The fourth-order valence-electron chi connectivity index (χ4n) is 1.70. The Morgan fingerprint density at radius 2 is 1.95 bits per heavy atom. The molecule has 1 amide bonds. The topological polar surface area (TPSA) is 166 Å². The second-order valence-electron chi connectivity index (χ2n) is 4.03. The second kappa shape index (κ2) is 6.25. The van der Waals surface area contributed by atoms with Crippen molar-refractivity contribution in [1.82, 2.24) is 5.32 Å². The van der Waals surface area contributed by atoms with Crippen LogP contribution < -0.4 is 5.32 Å². The van der Waals surface area contributed by atoms with E-state index < -0.39 is 51.0 Å². The Bertz CT molecular complexity index is 371. The molecule has 0 spiro atoms. The van der Waals surface area contributed by atoms with Crippen molar-refractivity contribution >= 4 is 13.7 Å². The number of phosphoric ester groups is 1. The first-order valence-electron chi connectivity index (χ1n) is 5.29. The van der Waals surface area contributed by atoms with Crippen LogP contribution in [-0.4, -0.2) is 68.3 Å². The molecule has 0 aromatic rings. The summed E-state index contributed by atoms with van der Waals surface area (Å²) in [5, 5.41) is 30.5. The Morgan fingerprint density at radius 1 is 1.37 bits per heavy atom. The van der Waals surface area contributed by atoms with Gasteiger partial charge in [0, 0.05) is 6.92 Å². The zero-order chi connectivity index (χ0) is 14.8. The number of amides is 1. The first-order valence-corrected chi connectivity index (χ1v) is 6.82. The molecule has 1 rings (SSSR count). The van der Waals surface area contributed by atoms with Crippen molar-refractivity contribution in [2.75, 3.05) is 6.61 Å². The number of rotatable bonds is 4. The van der Waals surface area contributed by atoms with Crippen LogP contribution in [0.2, 0.25) is 0 Å². The van der Waals surface area contributed by atoms with Crippen LogP contribution in [0.4, 0.5) is 0 Å². The number of aliphatic hydroxyl groups is 3. The molecular formula is C8H16NO9P. The molecule has 1 aliphatic heterocycles. The lowest BCUT2D eigenvalue weighted by molar-refractivity contribution is -0.248. The molecule has 0 bridgehead atoms. The normalized spacial score (nSPS) is 36.0. The van der Waals surface area contributed by atoms with E-state index in [1.807, 2.05) is 0 Å². The zero-order valence-corrected chi connectivity index (χ0v) is 10.8. The molecule has 19 heavy (non-hydrogen) atoms. The fraction of sp³-hybridized carbons (Fsp3) is 0.875. The van der Waals surface area contributed by atoms with Crippen molar-refractivity contribution in [2.45, 2.75) is 37.6 Å². The summed E-state index contributed by atoms with van der Waals surface area (Å²) in [6, 6.07) is -1.39. The van der Waals surface area contributed by atoms with E-state index in [9.17, 15) is 19.6 Å². The molecule has 0 aromatic carbocycles. The predicted octanol–water partition coefficient (Wildman–Crippen LogP) is -2.96. The van der Waals surface area contributed by atoms with Gasteiger partial charge in [-0.25, -0.2) is 4.57 Å². The molecule has 1 aliphatic rings. The van der Waals surface area contributed by atoms with Crippen molar-refractivity contribution in [3.05, 3.63) is 0 Å². The van der Waals surface area contributed by atoms with Gasteiger partial charge in [0.05, 0.1) is 6.61 Å². The molecule has 3 unspecified atom stereocenters. The van der Waals surface area contributed by atoms with Crippen LogP contribution in [0.15, 0.2) is 0 Å². The predicted molar refractivity (Wildman–Crippen MR) is 58.5 cm³/mol. The number of nitrogens with one attached hydrogen (secondary N) is 1. The number of carbonyl (C=O) groups is 1. The average molecular weight is 301 g/mol. The third-order valence-corrected chi connectivity index (χ3v) is 2.97. The molecule has 5 atom stereocenters. The molecule has 0 aromatic heterocycles. The van der Waals surface area contributed by atoms with E-state index in [2.05, 4.69) is 9.84 Å². The SMILES string of the molecule is CC(=O)NC1C(O)C(O)[C@@H](CO)O[C@@H]1OP(=O)(O)O. The van der Waals surface area contributed by atoms with Crippen LogP contribution in [-0.2, 0) is 18.6 Å². The molecule has 1 fully saturated rings. The lowest BCUT2D eigenvalue weighted by Crippen LogP contribution is -2.64. The minimum Gasteiger partial charge on any atom is -0.394 e. The van der Waals surface area contributed by atoms with Crippen molar-refractivity contribution in [3.63, 3.8) is 0 Å². The summed E-state index contributed by atoms with van der Waals surface area (Å²) in [6.45, 7) is 0.401. The lowest BCUT2D eigenvalue weighted by atomic mass is 9.97. The van der Waals surface area contributed by atoms with Crippen LogP contribution in [0.25, 0.3) is 0 Å². The van der Waals surface area contributed by atoms with E-state index in [0.29, 0.717) is 0 Å². The number of carbonyl (C=O) groups excluding carboxylic acids is 1. The summed E-state index contributed by atoms with van der Waals surface area (Å²) in [5.41, 5.74) is 0. The van der Waals surface area contributed by atoms with Crippen molar-refractivity contribution in [2.24, 2.45) is 0 Å². The van der Waals surface area contributed by atoms with Gasteiger partial charge in [-0.05, 0) is 0 Å². The lowest BCUT2D eigenvalue weighted by Gasteiger charge is -2.41. The summed E-state index contributed by atoms with van der Waals surface area (Å²) >= 11 is 0. The Labute approximate surface area is 108 Å². The minimum atomic E-state index is -4.95. The molecule has 10 nitrogen and oxygen atoms in total. The number of ether oxygens (including phenoxy) is 1. The second-order valence-corrected chi connectivity index (χ2v) is 5.22. The number of hydrogen-bond acceptors (Lipinski definition) is 7. The maximum Gasteiger partial charge on any atom is 0.472 e. The molecule has 11 heteroatoms.